The van der Waals surface area contributed by atoms with E-state index >= 15 is 0 Å². The number of nitrogens with zero attached hydrogens (tertiary/aromatic N) is 3. The van der Waals surface area contributed by atoms with E-state index in [2.05, 4.69) is 4.98 Å². The molecule has 0 spiro atoms. The summed E-state index contributed by atoms with van der Waals surface area (Å²) in [5.74, 6) is 0.563. The summed E-state index contributed by atoms with van der Waals surface area (Å²) < 4.78 is 1.82. The molecule has 0 atom stereocenters. The summed E-state index contributed by atoms with van der Waals surface area (Å²) in [4.78, 5) is 19.8. The highest BCUT2D eigenvalue weighted by Gasteiger charge is 2.22. The number of ketones is 1. The van der Waals surface area contributed by atoms with Crippen LogP contribution in [0, 0.1) is 6.92 Å². The van der Waals surface area contributed by atoms with Crippen molar-refractivity contribution in [2.24, 2.45) is 0 Å². The molecule has 0 aliphatic carbocycles. The van der Waals surface area contributed by atoms with Crippen molar-refractivity contribution in [3.8, 4) is 5.69 Å². The number of hydrogen-bond acceptors (Lipinski definition) is 4. The van der Waals surface area contributed by atoms with Gasteiger partial charge in [-0.05, 0) is 63.5 Å². The molecule has 0 fully saturated rings. The molecule has 1 N–H and O–H groups in total. The zero-order chi connectivity index (χ0) is 20.4. The van der Waals surface area contributed by atoms with Crippen LogP contribution in [0.5, 0.6) is 0 Å². The van der Waals surface area contributed by atoms with Crippen molar-refractivity contribution in [2.45, 2.75) is 20.1 Å². The van der Waals surface area contributed by atoms with Crippen LogP contribution in [0.4, 0.5) is 0 Å². The van der Waals surface area contributed by atoms with Gasteiger partial charge in [0.25, 0.3) is 0 Å². The lowest BCUT2D eigenvalue weighted by atomic mass is 10.0. The Labute approximate surface area is 174 Å². The zero-order valence-electron chi connectivity index (χ0n) is 15.9. The molecule has 0 aliphatic heterocycles. The lowest BCUT2D eigenvalue weighted by molar-refractivity contribution is 0.103. The summed E-state index contributed by atoms with van der Waals surface area (Å²) in [6.45, 7) is 2.18. The molecule has 0 amide bonds. The fourth-order valence-electron chi connectivity index (χ4n) is 3.12. The van der Waals surface area contributed by atoms with E-state index in [0.29, 0.717) is 44.8 Å². The second-order valence-electron chi connectivity index (χ2n) is 6.79. The van der Waals surface area contributed by atoms with Crippen LogP contribution in [0.2, 0.25) is 10.0 Å². The Bertz CT molecular complexity index is 1010. The van der Waals surface area contributed by atoms with Crippen LogP contribution in [-0.4, -0.2) is 39.4 Å². The molecular weight excluding hydrogens is 397 g/mol. The first-order valence-electron chi connectivity index (χ1n) is 8.74. The third kappa shape index (κ3) is 4.13. The van der Waals surface area contributed by atoms with Gasteiger partial charge < -0.3 is 10.0 Å². The molecule has 0 bridgehead atoms. The standard InChI is InChI=1S/C21H21Cl2N3O2/c1-13-19(12-27)26(20(24-13)11-25(2)3)18-10-16(23)8-9-17(18)21(28)14-4-6-15(22)7-5-14/h4-10,27H,11-12H2,1-3H3. The van der Waals surface area contributed by atoms with E-state index in [9.17, 15) is 9.90 Å². The lowest BCUT2D eigenvalue weighted by Gasteiger charge is -2.17. The number of aliphatic hydroxyl groups is 1. The Morgan fingerprint density at radius 3 is 2.36 bits per heavy atom. The fraction of sp³-hybridized carbons (Fsp3) is 0.238. The summed E-state index contributed by atoms with van der Waals surface area (Å²) in [5.41, 5.74) is 2.92. The molecule has 0 unspecified atom stereocenters. The van der Waals surface area contributed by atoms with Crippen LogP contribution in [0.15, 0.2) is 42.5 Å². The number of rotatable bonds is 6. The predicted molar refractivity (Wildman–Crippen MR) is 112 cm³/mol. The first-order chi connectivity index (χ1) is 13.3. The third-order valence-electron chi connectivity index (χ3n) is 4.40. The maximum Gasteiger partial charge on any atom is 0.195 e. The maximum atomic E-state index is 13.2. The van der Waals surface area contributed by atoms with E-state index < -0.39 is 0 Å². The van der Waals surface area contributed by atoms with Crippen molar-refractivity contribution in [3.05, 3.63) is 80.8 Å². The molecule has 0 saturated carbocycles. The number of halogens is 2. The Morgan fingerprint density at radius 2 is 1.75 bits per heavy atom. The van der Waals surface area contributed by atoms with Crippen molar-refractivity contribution in [1.29, 1.82) is 0 Å². The van der Waals surface area contributed by atoms with Crippen molar-refractivity contribution in [2.75, 3.05) is 14.1 Å². The molecule has 1 aromatic heterocycles. The number of hydrogen-bond donors (Lipinski definition) is 1. The van der Waals surface area contributed by atoms with E-state index in [1.54, 1.807) is 42.5 Å². The summed E-state index contributed by atoms with van der Waals surface area (Å²) in [6, 6.07) is 11.9. The molecule has 3 rings (SSSR count). The highest BCUT2D eigenvalue weighted by Crippen LogP contribution is 2.28. The monoisotopic (exact) mass is 417 g/mol. The van der Waals surface area contributed by atoms with Gasteiger partial charge in [-0.3, -0.25) is 9.36 Å². The average Bonchev–Trinajstić information content (AvgIpc) is 2.95. The number of carbonyl (C=O) groups is 1. The van der Waals surface area contributed by atoms with Crippen LogP contribution in [0.3, 0.4) is 0 Å². The fourth-order valence-corrected chi connectivity index (χ4v) is 3.42. The molecule has 7 heteroatoms. The van der Waals surface area contributed by atoms with Crippen molar-refractivity contribution < 1.29 is 9.90 Å². The van der Waals surface area contributed by atoms with Crippen LogP contribution in [0.1, 0.15) is 33.1 Å². The Hall–Kier alpha value is -2.18. The number of benzene rings is 2. The molecule has 28 heavy (non-hydrogen) atoms. The van der Waals surface area contributed by atoms with Crippen molar-refractivity contribution in [1.82, 2.24) is 14.5 Å². The van der Waals surface area contributed by atoms with Crippen LogP contribution in [0.25, 0.3) is 5.69 Å². The van der Waals surface area contributed by atoms with E-state index in [1.165, 1.54) is 0 Å². The SMILES string of the molecule is Cc1nc(CN(C)C)n(-c2cc(Cl)ccc2C(=O)c2ccc(Cl)cc2)c1CO. The summed E-state index contributed by atoms with van der Waals surface area (Å²) in [5, 5.41) is 11.0. The van der Waals surface area contributed by atoms with Gasteiger partial charge in [-0.25, -0.2) is 4.98 Å². The number of imidazole rings is 1. The van der Waals surface area contributed by atoms with Gasteiger partial charge in [-0.1, -0.05) is 23.2 Å². The zero-order valence-corrected chi connectivity index (χ0v) is 17.4. The Kier molecular flexibility index (Phi) is 6.20. The largest absolute Gasteiger partial charge is 0.390 e. The van der Waals surface area contributed by atoms with Crippen molar-refractivity contribution >= 4 is 29.0 Å². The molecule has 2 aromatic carbocycles. The normalized spacial score (nSPS) is 11.2. The first-order valence-corrected chi connectivity index (χ1v) is 9.50. The molecule has 146 valence electrons. The predicted octanol–water partition coefficient (Wildman–Crippen LogP) is 4.27. The van der Waals surface area contributed by atoms with Gasteiger partial charge in [0.2, 0.25) is 0 Å². The highest BCUT2D eigenvalue weighted by atomic mass is 35.5. The molecule has 0 saturated heterocycles. The number of aliphatic hydroxyl groups excluding tert-OH is 1. The van der Waals surface area contributed by atoms with Gasteiger partial charge in [-0.15, -0.1) is 0 Å². The maximum absolute atomic E-state index is 13.2. The second-order valence-corrected chi connectivity index (χ2v) is 7.66. The number of aromatic nitrogens is 2. The van der Waals surface area contributed by atoms with E-state index in [1.807, 2.05) is 30.5 Å². The Balaban J connectivity index is 2.22. The molecule has 3 aromatic rings. The van der Waals surface area contributed by atoms with Gasteiger partial charge in [0.15, 0.2) is 5.78 Å². The van der Waals surface area contributed by atoms with Crippen molar-refractivity contribution in [3.63, 3.8) is 0 Å². The summed E-state index contributed by atoms with van der Waals surface area (Å²) in [6.07, 6.45) is 0. The van der Waals surface area contributed by atoms with Crippen LogP contribution in [-0.2, 0) is 13.2 Å². The highest BCUT2D eigenvalue weighted by molar-refractivity contribution is 6.31. The van der Waals surface area contributed by atoms with Gasteiger partial charge >= 0.3 is 0 Å². The minimum atomic E-state index is -0.201. The number of aryl methyl sites for hydroxylation is 1. The average molecular weight is 418 g/mol. The first kappa shape index (κ1) is 20.6. The van der Waals surface area contributed by atoms with E-state index in [0.717, 1.165) is 5.82 Å². The lowest BCUT2D eigenvalue weighted by Crippen LogP contribution is -2.17. The van der Waals surface area contributed by atoms with Gasteiger partial charge in [0.05, 0.1) is 30.2 Å². The quantitative estimate of drug-likeness (QED) is 0.608. The van der Waals surface area contributed by atoms with E-state index in [-0.39, 0.29) is 12.4 Å². The molecule has 0 aliphatic rings. The molecular formula is C21H21Cl2N3O2. The minimum absolute atomic E-state index is 0.158. The molecule has 0 radical (unpaired) electrons. The topological polar surface area (TPSA) is 58.4 Å². The van der Waals surface area contributed by atoms with E-state index in [4.69, 9.17) is 23.2 Å². The third-order valence-corrected chi connectivity index (χ3v) is 4.89. The molecule has 5 nitrogen and oxygen atoms in total. The summed E-state index contributed by atoms with van der Waals surface area (Å²) >= 11 is 12.2. The minimum Gasteiger partial charge on any atom is -0.390 e. The molecule has 1 heterocycles. The second kappa shape index (κ2) is 8.45. The van der Waals surface area contributed by atoms with Gasteiger partial charge in [0.1, 0.15) is 5.82 Å². The van der Waals surface area contributed by atoms with Gasteiger partial charge in [-0.2, -0.15) is 0 Å². The van der Waals surface area contributed by atoms with Crippen LogP contribution < -0.4 is 0 Å². The smallest absolute Gasteiger partial charge is 0.195 e. The Morgan fingerprint density at radius 1 is 1.11 bits per heavy atom. The summed E-state index contributed by atoms with van der Waals surface area (Å²) in [7, 11) is 3.87. The van der Waals surface area contributed by atoms with Gasteiger partial charge in [0, 0.05) is 21.2 Å². The van der Waals surface area contributed by atoms with Crippen LogP contribution >= 0.6 is 23.2 Å². The number of carbonyl (C=O) groups excluding carboxylic acids is 1.